The van der Waals surface area contributed by atoms with Crippen LogP contribution < -0.4 is 0 Å². The van der Waals surface area contributed by atoms with Crippen molar-refractivity contribution in [1.29, 1.82) is 0 Å². The summed E-state index contributed by atoms with van der Waals surface area (Å²) in [4.78, 5) is 0. The Hall–Kier alpha value is -2.08. The summed E-state index contributed by atoms with van der Waals surface area (Å²) in [5.41, 5.74) is 0. The van der Waals surface area contributed by atoms with Crippen LogP contribution in [0.25, 0.3) is 0 Å². The minimum absolute atomic E-state index is 0. The van der Waals surface area contributed by atoms with Crippen LogP contribution >= 0.6 is 0 Å². The van der Waals surface area contributed by atoms with E-state index in [2.05, 4.69) is 41.5 Å². The van der Waals surface area contributed by atoms with E-state index >= 15 is 0 Å². The number of hydrogen-bond acceptors (Lipinski definition) is 2. The fourth-order valence-electron chi connectivity index (χ4n) is 0. The largest absolute Gasteiger partial charge is 0.323 e. The minimum atomic E-state index is 0. The Morgan fingerprint density at radius 2 is 0.583 bits per heavy atom. The van der Waals surface area contributed by atoms with E-state index < -0.39 is 0 Å². The van der Waals surface area contributed by atoms with E-state index in [-0.39, 0.29) is 0 Å². The molecule has 0 aliphatic rings. The van der Waals surface area contributed by atoms with Crippen LogP contribution in [0.15, 0.2) is 0 Å². The molecule has 0 aliphatic carbocycles. The van der Waals surface area contributed by atoms with Crippen molar-refractivity contribution in [2.75, 3.05) is 0 Å². The summed E-state index contributed by atoms with van der Waals surface area (Å²) in [7, 11) is 0. The van der Waals surface area contributed by atoms with Gasteiger partial charge in [0.1, 0.15) is 0 Å². The van der Waals surface area contributed by atoms with E-state index in [0.717, 1.165) is 0 Å². The Morgan fingerprint density at radius 3 is 0.583 bits per heavy atom. The number of rotatable bonds is 0. The van der Waals surface area contributed by atoms with Crippen LogP contribution in [-0.2, 0) is 0 Å². The molecule has 0 saturated heterocycles. The van der Waals surface area contributed by atoms with Gasteiger partial charge in [-0.25, -0.2) is 0 Å². The summed E-state index contributed by atoms with van der Waals surface area (Å²) in [6, 6.07) is 0. The minimum Gasteiger partial charge on any atom is -0.323 e. The van der Waals surface area contributed by atoms with Gasteiger partial charge < -0.3 is 11.8 Å². The molecule has 0 unspecified atom stereocenters. The van der Waals surface area contributed by atoms with E-state index in [0.29, 0.717) is 0 Å². The van der Waals surface area contributed by atoms with Crippen LogP contribution in [0.1, 0.15) is 41.5 Å². The van der Waals surface area contributed by atoms with E-state index in [1.165, 1.54) is 11.8 Å². The molecule has 0 spiro atoms. The van der Waals surface area contributed by atoms with Gasteiger partial charge in [-0.1, -0.05) is 0 Å². The summed E-state index contributed by atoms with van der Waals surface area (Å²) >= 11 is 0. The van der Waals surface area contributed by atoms with Crippen molar-refractivity contribution in [1.82, 2.24) is 0 Å². The SMILES string of the molecule is C[C-](C)C.C[C-](C)C.OO.[Cm].[Cm]. The molecule has 0 rings (SSSR count). The maximum atomic E-state index is 6.00. The van der Waals surface area contributed by atoms with Crippen LogP contribution in [-0.4, -0.2) is 10.5 Å². The zero-order chi connectivity index (χ0) is 9.15. The second kappa shape index (κ2) is 36.4. The van der Waals surface area contributed by atoms with Crippen molar-refractivity contribution >= 4 is 0 Å². The molecule has 0 saturated carbocycles. The maximum Gasteiger partial charge on any atom is 0 e. The molecule has 0 bridgehead atoms. The monoisotopic (exact) mass is 634 g/mol. The van der Waals surface area contributed by atoms with E-state index in [4.69, 9.17) is 10.5 Å². The third-order valence-corrected chi connectivity index (χ3v) is 0. The zero-order valence-electron chi connectivity index (χ0n) is 8.60. The van der Waals surface area contributed by atoms with Crippen LogP contribution in [0.2, 0.25) is 0 Å². The molecule has 0 fully saturated rings. The first-order valence-corrected chi connectivity index (χ1v) is 3.20. The molecule has 12 heavy (non-hydrogen) atoms. The molecule has 0 aliphatic heterocycles. The molecular weight excluding hydrogens is 622 g/mol. The van der Waals surface area contributed by atoms with Crippen molar-refractivity contribution in [2.45, 2.75) is 41.5 Å². The predicted octanol–water partition coefficient (Wildman–Crippen LogP) is 3.26. The first-order valence-electron chi connectivity index (χ1n) is 3.20. The molecule has 0 aromatic carbocycles. The topological polar surface area (TPSA) is 40.5 Å². The molecule has 2 N–H and O–H groups in total. The molecule has 0 heterocycles. The molecule has 0 radical (unpaired) electrons. The van der Waals surface area contributed by atoms with Crippen molar-refractivity contribution in [2.24, 2.45) is 0 Å². The predicted molar refractivity (Wildman–Crippen MR) is 45.8 cm³/mol. The quantitative estimate of drug-likeness (QED) is 0.242. The third-order valence-electron chi connectivity index (χ3n) is 0. The molecule has 82 valence electrons. The Labute approximate surface area is 64.8 Å². The second-order valence-corrected chi connectivity index (χ2v) is 3.00. The standard InChI is InChI=1S/2C4H9.2Cm.H2O2/c2*1-4(2)3;;;1-2/h2*1-3H3;;;1-2H/q2*-1;;;. The van der Waals surface area contributed by atoms with Gasteiger partial charge in [0.05, 0.1) is 0 Å². The van der Waals surface area contributed by atoms with E-state index in [1.807, 2.05) is 0 Å². The number of hydrogen-bond donors (Lipinski definition) is 2. The van der Waals surface area contributed by atoms with Gasteiger partial charge >= 0.3 is 0 Å². The van der Waals surface area contributed by atoms with E-state index in [1.54, 1.807) is 0 Å². The zero-order valence-corrected chi connectivity index (χ0v) is 14.5. The molecule has 0 atom stereocenters. The van der Waals surface area contributed by atoms with Gasteiger partial charge in [-0.05, 0) is 0 Å². The molecule has 4 heteroatoms. The van der Waals surface area contributed by atoms with Gasteiger partial charge in [0, 0.05) is 0 Å². The molecule has 0 aromatic heterocycles. The third kappa shape index (κ3) is 87.7. The first kappa shape index (κ1) is 32.6. The van der Waals surface area contributed by atoms with Gasteiger partial charge in [0.15, 0.2) is 0 Å². The smallest absolute Gasteiger partial charge is 0 e. The Kier molecular flexibility index (Phi) is 98.9. The van der Waals surface area contributed by atoms with Crippen LogP contribution in [0.4, 0.5) is 0 Å². The average molecular weight is 642 g/mol. The molecule has 0 aromatic rings. The van der Waals surface area contributed by atoms with Crippen molar-refractivity contribution in [3.63, 3.8) is 0 Å². The van der Waals surface area contributed by atoms with Crippen LogP contribution in [0.3, 0.4) is 0 Å². The Balaban J connectivity index is -0.0000000198. The van der Waals surface area contributed by atoms with Gasteiger partial charge in [-0.2, -0.15) is 41.5 Å². The molecular formula is C8H20Cm2O2-2. The maximum absolute atomic E-state index is 6.00. The second-order valence-electron chi connectivity index (χ2n) is 3.00. The Bertz CT molecular complexity index is 30.5. The summed E-state index contributed by atoms with van der Waals surface area (Å²) < 4.78 is 0. The van der Waals surface area contributed by atoms with Crippen LogP contribution in [0.5, 0.6) is 0 Å². The van der Waals surface area contributed by atoms with Gasteiger partial charge in [0.25, 0.3) is 0 Å². The first-order chi connectivity index (χ1) is 4.46. The summed E-state index contributed by atoms with van der Waals surface area (Å²) in [6.07, 6.45) is 0. The van der Waals surface area contributed by atoms with Gasteiger partial charge in [-0.3, -0.25) is 10.5 Å². The van der Waals surface area contributed by atoms with Crippen molar-refractivity contribution in [3.8, 4) is 0 Å². The average Bonchev–Trinajstić information content (AvgIpc) is 1.66. The molecule has 0 amide bonds. The Morgan fingerprint density at radius 1 is 0.583 bits per heavy atom. The normalized spacial score (nSPS) is 6.50. The summed E-state index contributed by atoms with van der Waals surface area (Å²) in [6.45, 7) is 12.5. The molecule has 2 nitrogen and oxygen atoms in total. The fourth-order valence-corrected chi connectivity index (χ4v) is 0. The van der Waals surface area contributed by atoms with Crippen LogP contribution in [0, 0.1) is 11.8 Å². The van der Waals surface area contributed by atoms with Gasteiger partial charge in [-0.15, -0.1) is 0 Å². The summed E-state index contributed by atoms with van der Waals surface area (Å²) in [5, 5.41) is 12.0. The summed E-state index contributed by atoms with van der Waals surface area (Å²) in [5.74, 6) is 2.83. The fraction of sp³-hybridized carbons (Fsp3) is 0.750. The van der Waals surface area contributed by atoms with Crippen molar-refractivity contribution in [3.05, 3.63) is 11.8 Å². The van der Waals surface area contributed by atoms with Crippen molar-refractivity contribution < 1.29 is 10.5 Å². The van der Waals surface area contributed by atoms with E-state index in [9.17, 15) is 0 Å². The van der Waals surface area contributed by atoms with Gasteiger partial charge in [0.2, 0.25) is 0 Å².